The van der Waals surface area contributed by atoms with Crippen molar-refractivity contribution in [2.45, 2.75) is 97.5 Å². The molecule has 9 atom stereocenters. The summed E-state index contributed by atoms with van der Waals surface area (Å²) < 4.78 is 0. The largest absolute Gasteiger partial charge is 0.481 e. The third-order valence-corrected chi connectivity index (χ3v) is 10.2. The Hall–Kier alpha value is -0.570. The molecule has 0 unspecified atom stereocenters. The van der Waals surface area contributed by atoms with Gasteiger partial charge in [-0.2, -0.15) is 0 Å². The molecule has 3 heteroatoms. The zero-order valence-electron chi connectivity index (χ0n) is 17.6. The zero-order valence-corrected chi connectivity index (χ0v) is 17.6. The maximum absolute atomic E-state index is 11.0. The number of aliphatic carboxylic acids is 1. The van der Waals surface area contributed by atoms with E-state index >= 15 is 0 Å². The Labute approximate surface area is 165 Å². The van der Waals surface area contributed by atoms with Crippen molar-refractivity contribution in [2.75, 3.05) is 0 Å². The predicted octanol–water partition coefficient (Wildman–Crippen LogP) is 5.51. The van der Waals surface area contributed by atoms with Crippen LogP contribution in [0.4, 0.5) is 0 Å². The van der Waals surface area contributed by atoms with E-state index < -0.39 is 5.97 Å². The second-order valence-electron chi connectivity index (χ2n) is 11.2. The molecule has 0 aromatic carbocycles. The van der Waals surface area contributed by atoms with Crippen LogP contribution in [0, 0.1) is 46.3 Å². The van der Waals surface area contributed by atoms with Crippen molar-refractivity contribution in [3.8, 4) is 0 Å². The summed E-state index contributed by atoms with van der Waals surface area (Å²) in [7, 11) is 0. The van der Waals surface area contributed by atoms with Crippen LogP contribution in [0.1, 0.15) is 91.4 Å². The molecule has 4 saturated carbocycles. The van der Waals surface area contributed by atoms with Gasteiger partial charge in [0.25, 0.3) is 0 Å². The number of hydrogen-bond donors (Lipinski definition) is 2. The van der Waals surface area contributed by atoms with E-state index in [-0.39, 0.29) is 6.10 Å². The molecule has 4 aliphatic carbocycles. The highest BCUT2D eigenvalue weighted by Crippen LogP contribution is 2.68. The summed E-state index contributed by atoms with van der Waals surface area (Å²) in [6, 6.07) is 0. The predicted molar refractivity (Wildman–Crippen MR) is 107 cm³/mol. The van der Waals surface area contributed by atoms with Gasteiger partial charge in [-0.05, 0) is 111 Å². The molecule has 27 heavy (non-hydrogen) atoms. The maximum atomic E-state index is 11.0. The number of hydrogen-bond acceptors (Lipinski definition) is 2. The molecule has 0 amide bonds. The normalized spacial score (nSPS) is 50.4. The summed E-state index contributed by atoms with van der Waals surface area (Å²) in [5.41, 5.74) is 0.882. The van der Waals surface area contributed by atoms with Crippen LogP contribution in [0.2, 0.25) is 0 Å². The van der Waals surface area contributed by atoms with Gasteiger partial charge in [0.05, 0.1) is 6.10 Å². The Balaban J connectivity index is 1.51. The number of carboxylic acids is 1. The summed E-state index contributed by atoms with van der Waals surface area (Å²) in [4.78, 5) is 11.0. The Kier molecular flexibility index (Phi) is 5.15. The van der Waals surface area contributed by atoms with Gasteiger partial charge in [-0.1, -0.05) is 20.8 Å². The first-order chi connectivity index (χ1) is 12.8. The first-order valence-electron chi connectivity index (χ1n) is 11.7. The van der Waals surface area contributed by atoms with Gasteiger partial charge in [0.2, 0.25) is 0 Å². The summed E-state index contributed by atoms with van der Waals surface area (Å²) in [5, 5.41) is 19.3. The number of fused-ring (bicyclic) bond motifs is 5. The molecule has 0 radical (unpaired) electrons. The fourth-order valence-corrected chi connectivity index (χ4v) is 8.76. The van der Waals surface area contributed by atoms with Crippen LogP contribution in [-0.4, -0.2) is 22.3 Å². The molecular formula is C24H40O3. The molecule has 3 nitrogen and oxygen atoms in total. The standard InChI is InChI=1S/C24H40O3/c1-15(4-9-22(26)27)19-7-8-20-18-6-5-16-14-17(25)10-12-23(16,2)21(18)11-13-24(19,20)3/h15-21,25H,4-14H2,1-3H3,(H,26,27)/t15-,16-,17-,18-,19-,20-,21-,23+,24-/m1/s1. The van der Waals surface area contributed by atoms with Crippen molar-refractivity contribution < 1.29 is 15.0 Å². The van der Waals surface area contributed by atoms with Crippen LogP contribution < -0.4 is 0 Å². The van der Waals surface area contributed by atoms with Crippen molar-refractivity contribution in [3.63, 3.8) is 0 Å². The van der Waals surface area contributed by atoms with E-state index in [2.05, 4.69) is 20.8 Å². The number of aliphatic hydroxyl groups is 1. The fourth-order valence-electron chi connectivity index (χ4n) is 8.76. The minimum atomic E-state index is -0.643. The average Bonchev–Trinajstić information content (AvgIpc) is 2.97. The summed E-state index contributed by atoms with van der Waals surface area (Å²) in [6.07, 6.45) is 12.4. The highest BCUT2D eigenvalue weighted by atomic mass is 16.4. The van der Waals surface area contributed by atoms with Crippen molar-refractivity contribution in [1.29, 1.82) is 0 Å². The smallest absolute Gasteiger partial charge is 0.303 e. The lowest BCUT2D eigenvalue weighted by Gasteiger charge is -2.61. The average molecular weight is 377 g/mol. The monoisotopic (exact) mass is 376 g/mol. The molecular weight excluding hydrogens is 336 g/mol. The second kappa shape index (κ2) is 7.04. The van der Waals surface area contributed by atoms with E-state index in [4.69, 9.17) is 5.11 Å². The molecule has 2 N–H and O–H groups in total. The van der Waals surface area contributed by atoms with Crippen molar-refractivity contribution >= 4 is 5.97 Å². The van der Waals surface area contributed by atoms with Crippen LogP contribution >= 0.6 is 0 Å². The molecule has 4 aliphatic rings. The van der Waals surface area contributed by atoms with Gasteiger partial charge in [-0.15, -0.1) is 0 Å². The molecule has 0 aromatic rings. The third-order valence-electron chi connectivity index (χ3n) is 10.2. The molecule has 0 saturated heterocycles. The lowest BCUT2D eigenvalue weighted by molar-refractivity contribution is -0.138. The molecule has 154 valence electrons. The summed E-state index contributed by atoms with van der Waals surface area (Å²) in [5.74, 6) is 3.91. The zero-order chi connectivity index (χ0) is 19.4. The van der Waals surface area contributed by atoms with Crippen molar-refractivity contribution in [1.82, 2.24) is 0 Å². The van der Waals surface area contributed by atoms with E-state index in [1.165, 1.54) is 44.9 Å². The third kappa shape index (κ3) is 3.16. The van der Waals surface area contributed by atoms with Crippen LogP contribution in [0.15, 0.2) is 0 Å². The summed E-state index contributed by atoms with van der Waals surface area (Å²) >= 11 is 0. The first-order valence-corrected chi connectivity index (χ1v) is 11.7. The van der Waals surface area contributed by atoms with Gasteiger partial charge in [0.1, 0.15) is 0 Å². The number of aliphatic hydroxyl groups excluding tert-OH is 1. The summed E-state index contributed by atoms with van der Waals surface area (Å²) in [6.45, 7) is 7.43. The van der Waals surface area contributed by atoms with Gasteiger partial charge in [0.15, 0.2) is 0 Å². The molecule has 4 fully saturated rings. The minimum Gasteiger partial charge on any atom is -0.481 e. The highest BCUT2D eigenvalue weighted by Gasteiger charge is 2.60. The quantitative estimate of drug-likeness (QED) is 0.680. The van der Waals surface area contributed by atoms with Crippen LogP contribution in [0.3, 0.4) is 0 Å². The van der Waals surface area contributed by atoms with E-state index in [1.54, 1.807) is 0 Å². The van der Waals surface area contributed by atoms with Gasteiger partial charge in [-0.3, -0.25) is 4.79 Å². The van der Waals surface area contributed by atoms with E-state index in [9.17, 15) is 9.90 Å². The molecule has 0 bridgehead atoms. The maximum Gasteiger partial charge on any atom is 0.303 e. The lowest BCUT2D eigenvalue weighted by Crippen LogP contribution is -2.54. The van der Waals surface area contributed by atoms with Crippen molar-refractivity contribution in [2.24, 2.45) is 46.3 Å². The topological polar surface area (TPSA) is 57.5 Å². The molecule has 0 aliphatic heterocycles. The molecule has 0 aromatic heterocycles. The Morgan fingerprint density at radius 2 is 1.70 bits per heavy atom. The Bertz CT molecular complexity index is 574. The fraction of sp³-hybridized carbons (Fsp3) is 0.958. The van der Waals surface area contributed by atoms with Crippen LogP contribution in [0.25, 0.3) is 0 Å². The van der Waals surface area contributed by atoms with Crippen LogP contribution in [-0.2, 0) is 4.79 Å². The van der Waals surface area contributed by atoms with E-state index in [1.807, 2.05) is 0 Å². The minimum absolute atomic E-state index is 0.0561. The number of carbonyl (C=O) groups is 1. The Morgan fingerprint density at radius 1 is 1.00 bits per heavy atom. The van der Waals surface area contributed by atoms with Crippen LogP contribution in [0.5, 0.6) is 0 Å². The van der Waals surface area contributed by atoms with Gasteiger partial charge < -0.3 is 10.2 Å². The molecule has 4 rings (SSSR count). The number of rotatable bonds is 4. The second-order valence-corrected chi connectivity index (χ2v) is 11.2. The van der Waals surface area contributed by atoms with E-state index in [0.29, 0.717) is 29.1 Å². The van der Waals surface area contributed by atoms with Gasteiger partial charge in [-0.25, -0.2) is 0 Å². The first kappa shape index (κ1) is 19.7. The molecule has 0 heterocycles. The highest BCUT2D eigenvalue weighted by molar-refractivity contribution is 5.66. The SMILES string of the molecule is C[C@H](CCC(=O)O)[C@H]1CC[C@@H]2[C@H]3CC[C@@H]4C[C@H](O)CC[C@]4(C)[C@@H]3CC[C@@]21C. The Morgan fingerprint density at radius 3 is 2.44 bits per heavy atom. The molecule has 0 spiro atoms. The van der Waals surface area contributed by atoms with Gasteiger partial charge >= 0.3 is 5.97 Å². The van der Waals surface area contributed by atoms with Crippen molar-refractivity contribution in [3.05, 3.63) is 0 Å². The number of carboxylic acid groups (broad SMARTS) is 1. The lowest BCUT2D eigenvalue weighted by atomic mass is 9.44. The van der Waals surface area contributed by atoms with Gasteiger partial charge in [0, 0.05) is 6.42 Å². The van der Waals surface area contributed by atoms with E-state index in [0.717, 1.165) is 42.9 Å².